The molecule has 5 nitrogen and oxygen atoms in total. The molecule has 0 spiro atoms. The molecular formula is C19H18ClF2N3O2S. The predicted octanol–water partition coefficient (Wildman–Crippen LogP) is 4.44. The van der Waals surface area contributed by atoms with Gasteiger partial charge in [-0.05, 0) is 38.4 Å². The largest absolute Gasteiger partial charge is 0.496 e. The second-order valence-electron chi connectivity index (χ2n) is 6.34. The molecule has 3 rings (SSSR count). The molecule has 0 aliphatic carbocycles. The summed E-state index contributed by atoms with van der Waals surface area (Å²) in [6.45, 7) is 0.840. The summed E-state index contributed by atoms with van der Waals surface area (Å²) in [6.07, 6.45) is 0. The van der Waals surface area contributed by atoms with Crippen LogP contribution in [0.2, 0.25) is 5.02 Å². The van der Waals surface area contributed by atoms with E-state index in [2.05, 4.69) is 4.98 Å². The van der Waals surface area contributed by atoms with Crippen molar-refractivity contribution in [2.24, 2.45) is 0 Å². The first-order valence-electron chi connectivity index (χ1n) is 8.36. The Morgan fingerprint density at radius 2 is 1.96 bits per heavy atom. The van der Waals surface area contributed by atoms with Crippen LogP contribution in [0.3, 0.4) is 0 Å². The minimum atomic E-state index is -0.766. The molecule has 0 atom stereocenters. The van der Waals surface area contributed by atoms with Crippen LogP contribution in [-0.2, 0) is 0 Å². The number of amides is 1. The Kier molecular flexibility index (Phi) is 6.12. The van der Waals surface area contributed by atoms with Crippen LogP contribution in [0.4, 0.5) is 13.9 Å². The van der Waals surface area contributed by atoms with Gasteiger partial charge in [0.25, 0.3) is 5.91 Å². The molecule has 0 N–H and O–H groups in total. The zero-order valence-electron chi connectivity index (χ0n) is 15.5. The molecule has 3 aromatic rings. The molecule has 0 aliphatic heterocycles. The van der Waals surface area contributed by atoms with Crippen LogP contribution in [0.5, 0.6) is 5.75 Å². The van der Waals surface area contributed by atoms with Crippen molar-refractivity contribution in [3.05, 3.63) is 52.6 Å². The van der Waals surface area contributed by atoms with E-state index >= 15 is 0 Å². The van der Waals surface area contributed by atoms with Gasteiger partial charge in [-0.15, -0.1) is 0 Å². The number of ether oxygens (including phenoxy) is 1. The molecule has 1 aromatic heterocycles. The zero-order chi connectivity index (χ0) is 20.4. The first-order valence-corrected chi connectivity index (χ1v) is 9.55. The molecule has 0 radical (unpaired) electrons. The number of carbonyl (C=O) groups is 1. The molecule has 1 amide bonds. The number of fused-ring (bicyclic) bond motifs is 1. The fourth-order valence-electron chi connectivity index (χ4n) is 2.64. The number of aromatic nitrogens is 1. The maximum absolute atomic E-state index is 14.1. The van der Waals surface area contributed by atoms with E-state index in [0.717, 1.165) is 17.4 Å². The number of carbonyl (C=O) groups excluding carboxylic acids is 1. The van der Waals surface area contributed by atoms with Gasteiger partial charge in [-0.3, -0.25) is 9.69 Å². The third-order valence-electron chi connectivity index (χ3n) is 4.04. The van der Waals surface area contributed by atoms with Crippen LogP contribution in [0, 0.1) is 11.6 Å². The number of hydrogen-bond donors (Lipinski definition) is 0. The van der Waals surface area contributed by atoms with Gasteiger partial charge in [0.2, 0.25) is 0 Å². The van der Waals surface area contributed by atoms with Gasteiger partial charge in [-0.1, -0.05) is 22.9 Å². The van der Waals surface area contributed by atoms with Crippen LogP contribution in [0.15, 0.2) is 30.3 Å². The number of halogens is 3. The van der Waals surface area contributed by atoms with Crippen molar-refractivity contribution in [1.29, 1.82) is 0 Å². The Hall–Kier alpha value is -2.29. The van der Waals surface area contributed by atoms with Gasteiger partial charge in [0.15, 0.2) is 10.9 Å². The predicted molar refractivity (Wildman–Crippen MR) is 108 cm³/mol. The van der Waals surface area contributed by atoms with E-state index < -0.39 is 11.6 Å². The molecular weight excluding hydrogens is 408 g/mol. The number of rotatable bonds is 6. The Morgan fingerprint density at radius 3 is 2.64 bits per heavy atom. The molecule has 0 unspecified atom stereocenters. The van der Waals surface area contributed by atoms with Crippen LogP contribution in [-0.4, -0.2) is 50.1 Å². The monoisotopic (exact) mass is 425 g/mol. The summed E-state index contributed by atoms with van der Waals surface area (Å²) in [5, 5.41) is 0.655. The highest BCUT2D eigenvalue weighted by atomic mass is 35.5. The topological polar surface area (TPSA) is 45.7 Å². The van der Waals surface area contributed by atoms with E-state index in [1.54, 1.807) is 12.1 Å². The minimum Gasteiger partial charge on any atom is -0.496 e. The third-order valence-corrected chi connectivity index (χ3v) is 5.30. The van der Waals surface area contributed by atoms with Crippen LogP contribution < -0.4 is 9.64 Å². The van der Waals surface area contributed by atoms with Gasteiger partial charge in [-0.25, -0.2) is 13.8 Å². The van der Waals surface area contributed by atoms with Crippen molar-refractivity contribution >= 4 is 44.2 Å². The Labute approximate surface area is 170 Å². The molecule has 9 heteroatoms. The van der Waals surface area contributed by atoms with Gasteiger partial charge < -0.3 is 9.64 Å². The van der Waals surface area contributed by atoms with E-state index in [1.807, 2.05) is 19.0 Å². The average molecular weight is 426 g/mol. The maximum Gasteiger partial charge on any atom is 0.263 e. The van der Waals surface area contributed by atoms with E-state index in [1.165, 1.54) is 24.1 Å². The highest BCUT2D eigenvalue weighted by Gasteiger charge is 2.25. The van der Waals surface area contributed by atoms with Crippen LogP contribution >= 0.6 is 22.9 Å². The van der Waals surface area contributed by atoms with E-state index in [9.17, 15) is 13.6 Å². The fraction of sp³-hybridized carbons (Fsp3) is 0.263. The lowest BCUT2D eigenvalue weighted by atomic mass is 10.1. The van der Waals surface area contributed by atoms with Gasteiger partial charge in [-0.2, -0.15) is 0 Å². The average Bonchev–Trinajstić information content (AvgIpc) is 3.05. The van der Waals surface area contributed by atoms with Crippen molar-refractivity contribution in [3.63, 3.8) is 0 Å². The Balaban J connectivity index is 2.08. The second-order valence-corrected chi connectivity index (χ2v) is 7.78. The van der Waals surface area contributed by atoms with Crippen molar-refractivity contribution < 1.29 is 18.3 Å². The summed E-state index contributed by atoms with van der Waals surface area (Å²) < 4.78 is 33.2. The van der Waals surface area contributed by atoms with E-state index in [0.29, 0.717) is 28.6 Å². The summed E-state index contributed by atoms with van der Waals surface area (Å²) in [4.78, 5) is 20.9. The summed E-state index contributed by atoms with van der Waals surface area (Å²) >= 11 is 7.11. The highest BCUT2D eigenvalue weighted by Crippen LogP contribution is 2.33. The first kappa shape index (κ1) is 20.4. The molecule has 0 saturated carbocycles. The van der Waals surface area contributed by atoms with Crippen LogP contribution in [0.1, 0.15) is 10.4 Å². The standard InChI is InChI=1S/C19H18ClF2N3O2S/c1-24(2)6-7-25(18(26)13-8-11(20)4-5-15(13)27-3)19-23-17-14(22)9-12(21)10-16(17)28-19/h4-5,8-10H,6-7H2,1-3H3. The molecule has 0 fully saturated rings. The number of nitrogens with zero attached hydrogens (tertiary/aromatic N) is 3. The van der Waals surface area contributed by atoms with Crippen LogP contribution in [0.25, 0.3) is 10.2 Å². The smallest absolute Gasteiger partial charge is 0.263 e. The molecule has 0 saturated heterocycles. The lowest BCUT2D eigenvalue weighted by Crippen LogP contribution is -2.37. The van der Waals surface area contributed by atoms with Crippen molar-refractivity contribution in [1.82, 2.24) is 9.88 Å². The Bertz CT molecular complexity index is 1030. The minimum absolute atomic E-state index is 0.0297. The number of hydrogen-bond acceptors (Lipinski definition) is 5. The fourth-order valence-corrected chi connectivity index (χ4v) is 3.84. The van der Waals surface area contributed by atoms with Crippen molar-refractivity contribution in [2.75, 3.05) is 39.2 Å². The molecule has 0 bridgehead atoms. The summed E-state index contributed by atoms with van der Waals surface area (Å²) in [6, 6.07) is 6.72. The van der Waals surface area contributed by atoms with Gasteiger partial charge in [0, 0.05) is 24.2 Å². The molecule has 1 heterocycles. The van der Waals surface area contributed by atoms with Crippen molar-refractivity contribution in [2.45, 2.75) is 0 Å². The number of anilines is 1. The molecule has 148 valence electrons. The molecule has 28 heavy (non-hydrogen) atoms. The summed E-state index contributed by atoms with van der Waals surface area (Å²) in [7, 11) is 5.20. The SMILES string of the molecule is COc1ccc(Cl)cc1C(=O)N(CCN(C)C)c1nc2c(F)cc(F)cc2s1. The number of likely N-dealkylation sites (N-methyl/N-ethyl adjacent to an activating group) is 1. The lowest BCUT2D eigenvalue weighted by molar-refractivity contribution is 0.0982. The first-order chi connectivity index (χ1) is 13.3. The number of thiazole rings is 1. The summed E-state index contributed by atoms with van der Waals surface area (Å²) in [5.74, 6) is -1.48. The van der Waals surface area contributed by atoms with E-state index in [-0.39, 0.29) is 22.1 Å². The Morgan fingerprint density at radius 1 is 1.21 bits per heavy atom. The second kappa shape index (κ2) is 8.38. The zero-order valence-corrected chi connectivity index (χ0v) is 17.1. The highest BCUT2D eigenvalue weighted by molar-refractivity contribution is 7.22. The van der Waals surface area contributed by atoms with Gasteiger partial charge in [0.1, 0.15) is 17.1 Å². The van der Waals surface area contributed by atoms with E-state index in [4.69, 9.17) is 16.3 Å². The van der Waals surface area contributed by atoms with Gasteiger partial charge in [0.05, 0.1) is 17.4 Å². The molecule has 2 aromatic carbocycles. The molecule has 0 aliphatic rings. The third kappa shape index (κ3) is 4.24. The number of methoxy groups -OCH3 is 1. The lowest BCUT2D eigenvalue weighted by Gasteiger charge is -2.23. The maximum atomic E-state index is 14.1. The quantitative estimate of drug-likeness (QED) is 0.585. The normalized spacial score (nSPS) is 11.2. The number of benzene rings is 2. The van der Waals surface area contributed by atoms with Crippen molar-refractivity contribution in [3.8, 4) is 5.75 Å². The summed E-state index contributed by atoms with van der Waals surface area (Å²) in [5.41, 5.74) is 0.293. The van der Waals surface area contributed by atoms with Gasteiger partial charge >= 0.3 is 0 Å².